The molecule has 0 amide bonds. The number of nitrogens with one attached hydrogen (secondary N) is 1. The summed E-state index contributed by atoms with van der Waals surface area (Å²) in [7, 11) is 0. The molecule has 0 aliphatic carbocycles. The van der Waals surface area contributed by atoms with Gasteiger partial charge in [-0.15, -0.1) is 0 Å². The molecule has 0 fully saturated rings. The molecular formula is C8H9Br2N3. The predicted molar refractivity (Wildman–Crippen MR) is 60.9 cm³/mol. The molecule has 0 atom stereocenters. The summed E-state index contributed by atoms with van der Waals surface area (Å²) in [6.45, 7) is 2.81. The van der Waals surface area contributed by atoms with Crippen molar-refractivity contribution in [3.63, 3.8) is 0 Å². The molecule has 70 valence electrons. The van der Waals surface area contributed by atoms with E-state index in [-0.39, 0.29) is 0 Å². The molecule has 5 heteroatoms. The summed E-state index contributed by atoms with van der Waals surface area (Å²) in [6.07, 6.45) is 5.22. The fourth-order valence-electron chi connectivity index (χ4n) is 0.746. The van der Waals surface area contributed by atoms with Crippen LogP contribution in [0.2, 0.25) is 0 Å². The Labute approximate surface area is 93.9 Å². The van der Waals surface area contributed by atoms with Crippen LogP contribution in [0.4, 0.5) is 0 Å². The van der Waals surface area contributed by atoms with Crippen LogP contribution in [0.5, 0.6) is 0 Å². The van der Waals surface area contributed by atoms with Crippen LogP contribution >= 0.6 is 31.9 Å². The minimum Gasteiger partial charge on any atom is -0.310 e. The van der Waals surface area contributed by atoms with Gasteiger partial charge < -0.3 is 5.43 Å². The molecule has 0 spiro atoms. The van der Waals surface area contributed by atoms with Crippen LogP contribution in [0.1, 0.15) is 12.5 Å². The van der Waals surface area contributed by atoms with Crippen molar-refractivity contribution >= 4 is 38.1 Å². The van der Waals surface area contributed by atoms with Gasteiger partial charge in [0.1, 0.15) is 0 Å². The lowest BCUT2D eigenvalue weighted by atomic mass is 10.3. The molecule has 1 aromatic rings. The summed E-state index contributed by atoms with van der Waals surface area (Å²) >= 11 is 6.78. The predicted octanol–water partition coefficient (Wildman–Crippen LogP) is 2.55. The summed E-state index contributed by atoms with van der Waals surface area (Å²) in [5.41, 5.74) is 3.84. The van der Waals surface area contributed by atoms with E-state index in [0.717, 1.165) is 21.1 Å². The fourth-order valence-corrected chi connectivity index (χ4v) is 1.88. The van der Waals surface area contributed by atoms with Crippen molar-refractivity contribution in [3.8, 4) is 0 Å². The molecule has 13 heavy (non-hydrogen) atoms. The minimum absolute atomic E-state index is 0.816. The van der Waals surface area contributed by atoms with Gasteiger partial charge in [-0.3, -0.25) is 4.98 Å². The molecule has 1 rings (SSSR count). The third-order valence-electron chi connectivity index (χ3n) is 1.33. The lowest BCUT2D eigenvalue weighted by Crippen LogP contribution is -2.03. The van der Waals surface area contributed by atoms with Crippen molar-refractivity contribution in [2.24, 2.45) is 5.10 Å². The first-order valence-electron chi connectivity index (χ1n) is 3.80. The first-order chi connectivity index (χ1) is 6.25. The van der Waals surface area contributed by atoms with Gasteiger partial charge in [0, 0.05) is 33.4 Å². The Kier molecular flexibility index (Phi) is 4.38. The van der Waals surface area contributed by atoms with E-state index in [9.17, 15) is 0 Å². The second-order valence-electron chi connectivity index (χ2n) is 2.29. The molecule has 0 aliphatic rings. The largest absolute Gasteiger partial charge is 0.310 e. The Morgan fingerprint density at radius 3 is 2.62 bits per heavy atom. The first-order valence-corrected chi connectivity index (χ1v) is 5.39. The number of hydrogen-bond donors (Lipinski definition) is 1. The zero-order chi connectivity index (χ0) is 9.68. The minimum atomic E-state index is 0.816. The number of rotatable bonds is 3. The summed E-state index contributed by atoms with van der Waals surface area (Å²) in [5.74, 6) is 0. The average molecular weight is 307 g/mol. The summed E-state index contributed by atoms with van der Waals surface area (Å²) in [6, 6.07) is 0. The zero-order valence-electron chi connectivity index (χ0n) is 7.09. The molecular weight excluding hydrogens is 298 g/mol. The van der Waals surface area contributed by atoms with Gasteiger partial charge in [-0.2, -0.15) is 5.10 Å². The molecule has 3 nitrogen and oxygen atoms in total. The number of hydrogen-bond acceptors (Lipinski definition) is 3. The van der Waals surface area contributed by atoms with E-state index in [1.54, 1.807) is 18.6 Å². The maximum Gasteiger partial charge on any atom is 0.0564 e. The van der Waals surface area contributed by atoms with Gasteiger partial charge in [-0.05, 0) is 38.8 Å². The monoisotopic (exact) mass is 305 g/mol. The molecule has 0 bridgehead atoms. The Morgan fingerprint density at radius 2 is 2.08 bits per heavy atom. The third-order valence-corrected chi connectivity index (χ3v) is 2.60. The highest BCUT2D eigenvalue weighted by molar-refractivity contribution is 9.11. The fraction of sp³-hybridized carbons (Fsp3) is 0.250. The maximum atomic E-state index is 4.02. The first kappa shape index (κ1) is 10.7. The van der Waals surface area contributed by atoms with Crippen LogP contribution in [0.25, 0.3) is 0 Å². The Balaban J connectivity index is 2.87. The lowest BCUT2D eigenvalue weighted by Gasteiger charge is -1.99. The summed E-state index contributed by atoms with van der Waals surface area (Å²) in [4.78, 5) is 4.00. The molecule has 0 saturated carbocycles. The van der Waals surface area contributed by atoms with Gasteiger partial charge in [-0.1, -0.05) is 0 Å². The second kappa shape index (κ2) is 5.34. The Hall–Kier alpha value is -0.420. The van der Waals surface area contributed by atoms with Crippen LogP contribution in [-0.2, 0) is 0 Å². The van der Waals surface area contributed by atoms with Crippen LogP contribution in [0.3, 0.4) is 0 Å². The molecule has 0 saturated heterocycles. The molecule has 0 unspecified atom stereocenters. The third kappa shape index (κ3) is 3.08. The summed E-state index contributed by atoms with van der Waals surface area (Å²) in [5, 5.41) is 4.02. The Morgan fingerprint density at radius 1 is 1.46 bits per heavy atom. The van der Waals surface area contributed by atoms with Crippen LogP contribution in [0, 0.1) is 0 Å². The van der Waals surface area contributed by atoms with Crippen molar-refractivity contribution in [3.05, 3.63) is 26.9 Å². The quantitative estimate of drug-likeness (QED) is 0.688. The van der Waals surface area contributed by atoms with Gasteiger partial charge >= 0.3 is 0 Å². The van der Waals surface area contributed by atoms with E-state index in [2.05, 4.69) is 47.4 Å². The van der Waals surface area contributed by atoms with E-state index < -0.39 is 0 Å². The van der Waals surface area contributed by atoms with Crippen LogP contribution in [-0.4, -0.2) is 17.7 Å². The SMILES string of the molecule is CCN/N=C/c1c(Br)cncc1Br. The van der Waals surface area contributed by atoms with Crippen LogP contribution in [0.15, 0.2) is 26.4 Å². The topological polar surface area (TPSA) is 37.3 Å². The summed E-state index contributed by atoms with van der Waals surface area (Å²) < 4.78 is 1.84. The highest BCUT2D eigenvalue weighted by atomic mass is 79.9. The van der Waals surface area contributed by atoms with Gasteiger partial charge in [0.25, 0.3) is 0 Å². The molecule has 1 N–H and O–H groups in total. The number of halogens is 2. The van der Waals surface area contributed by atoms with Gasteiger partial charge in [0.2, 0.25) is 0 Å². The smallest absolute Gasteiger partial charge is 0.0564 e. The van der Waals surface area contributed by atoms with Gasteiger partial charge in [0.15, 0.2) is 0 Å². The highest BCUT2D eigenvalue weighted by Gasteiger charge is 2.01. The number of aromatic nitrogens is 1. The van der Waals surface area contributed by atoms with E-state index in [0.29, 0.717) is 0 Å². The normalized spacial score (nSPS) is 10.7. The standard InChI is InChI=1S/C8H9Br2N3/c1-2-12-13-3-6-7(9)4-11-5-8(6)10/h3-5,12H,2H2,1H3/b13-3+. The molecule has 1 heterocycles. The van der Waals surface area contributed by atoms with Crippen molar-refractivity contribution < 1.29 is 0 Å². The average Bonchev–Trinajstić information content (AvgIpc) is 2.10. The van der Waals surface area contributed by atoms with E-state index >= 15 is 0 Å². The van der Waals surface area contributed by atoms with Crippen LogP contribution < -0.4 is 5.43 Å². The molecule has 0 aliphatic heterocycles. The lowest BCUT2D eigenvalue weighted by molar-refractivity contribution is 0.787. The van der Waals surface area contributed by atoms with Crippen molar-refractivity contribution in [2.75, 3.05) is 6.54 Å². The molecule has 0 radical (unpaired) electrons. The maximum absolute atomic E-state index is 4.02. The zero-order valence-corrected chi connectivity index (χ0v) is 10.3. The van der Waals surface area contributed by atoms with E-state index in [4.69, 9.17) is 0 Å². The Bertz CT molecular complexity index is 292. The van der Waals surface area contributed by atoms with E-state index in [1.165, 1.54) is 0 Å². The van der Waals surface area contributed by atoms with Crippen molar-refractivity contribution in [2.45, 2.75) is 6.92 Å². The van der Waals surface area contributed by atoms with E-state index in [1.807, 2.05) is 6.92 Å². The van der Waals surface area contributed by atoms with Crippen molar-refractivity contribution in [1.29, 1.82) is 0 Å². The van der Waals surface area contributed by atoms with Gasteiger partial charge in [-0.25, -0.2) is 0 Å². The second-order valence-corrected chi connectivity index (χ2v) is 4.00. The van der Waals surface area contributed by atoms with Gasteiger partial charge in [0.05, 0.1) is 6.21 Å². The molecule has 1 aromatic heterocycles. The van der Waals surface area contributed by atoms with Crippen molar-refractivity contribution in [1.82, 2.24) is 10.4 Å². The highest BCUT2D eigenvalue weighted by Crippen LogP contribution is 2.21. The molecule has 0 aromatic carbocycles. The number of nitrogens with zero attached hydrogens (tertiary/aromatic N) is 2. The number of hydrazone groups is 1. The number of pyridine rings is 1.